The summed E-state index contributed by atoms with van der Waals surface area (Å²) < 4.78 is 5.02. The number of methoxy groups -OCH3 is 1. The first-order valence-corrected chi connectivity index (χ1v) is 9.45. The standard InChI is InChI=1S/C20H20N2O3S/c1-12-17(19(23)25-2)18(21-20(24)22(12)14-8-9-14)16-11-10-15(26-16)13-6-4-3-5-7-13/h3-7,10-11,14,18H,8-9H2,1-2H3,(H,21,24)/t18-/m0/s1. The van der Waals surface area contributed by atoms with Crippen LogP contribution in [0, 0.1) is 0 Å². The molecule has 0 radical (unpaired) electrons. The highest BCUT2D eigenvalue weighted by atomic mass is 32.1. The van der Waals surface area contributed by atoms with Crippen molar-refractivity contribution in [2.24, 2.45) is 0 Å². The Morgan fingerprint density at radius 3 is 2.58 bits per heavy atom. The zero-order chi connectivity index (χ0) is 18.3. The van der Waals surface area contributed by atoms with Crippen LogP contribution in [0.3, 0.4) is 0 Å². The van der Waals surface area contributed by atoms with E-state index in [1.54, 1.807) is 16.2 Å². The van der Waals surface area contributed by atoms with E-state index in [1.165, 1.54) is 7.11 Å². The van der Waals surface area contributed by atoms with Crippen LogP contribution in [0.2, 0.25) is 0 Å². The number of rotatable bonds is 4. The van der Waals surface area contributed by atoms with E-state index in [1.807, 2.05) is 49.4 Å². The maximum absolute atomic E-state index is 12.6. The SMILES string of the molecule is COC(=O)C1=C(C)N(C2CC2)C(=O)N[C@H]1c1ccc(-c2ccccc2)s1. The molecule has 1 saturated carbocycles. The number of carbonyl (C=O) groups excluding carboxylic acids is 2. The highest BCUT2D eigenvalue weighted by Gasteiger charge is 2.42. The van der Waals surface area contributed by atoms with Crippen molar-refractivity contribution in [3.8, 4) is 10.4 Å². The maximum atomic E-state index is 12.6. The van der Waals surface area contributed by atoms with Gasteiger partial charge >= 0.3 is 12.0 Å². The van der Waals surface area contributed by atoms with Crippen molar-refractivity contribution in [1.82, 2.24) is 10.2 Å². The molecule has 134 valence electrons. The van der Waals surface area contributed by atoms with Gasteiger partial charge in [-0.3, -0.25) is 4.90 Å². The first-order valence-electron chi connectivity index (χ1n) is 8.64. The second-order valence-corrected chi connectivity index (χ2v) is 7.66. The monoisotopic (exact) mass is 368 g/mol. The van der Waals surface area contributed by atoms with Crippen molar-refractivity contribution in [2.45, 2.75) is 31.8 Å². The van der Waals surface area contributed by atoms with Gasteiger partial charge in [-0.2, -0.15) is 0 Å². The summed E-state index contributed by atoms with van der Waals surface area (Å²) in [6.45, 7) is 1.84. The predicted octanol–water partition coefficient (Wildman–Crippen LogP) is 4.09. The van der Waals surface area contributed by atoms with E-state index in [9.17, 15) is 9.59 Å². The van der Waals surface area contributed by atoms with Gasteiger partial charge in [0.15, 0.2) is 0 Å². The highest BCUT2D eigenvalue weighted by Crippen LogP contribution is 2.40. The molecule has 0 unspecified atom stereocenters. The zero-order valence-electron chi connectivity index (χ0n) is 14.7. The molecule has 2 aliphatic rings. The van der Waals surface area contributed by atoms with Gasteiger partial charge in [0.05, 0.1) is 18.7 Å². The zero-order valence-corrected chi connectivity index (χ0v) is 15.5. The molecule has 4 rings (SSSR count). The van der Waals surface area contributed by atoms with E-state index in [-0.39, 0.29) is 12.1 Å². The van der Waals surface area contributed by atoms with E-state index in [2.05, 4.69) is 5.32 Å². The summed E-state index contributed by atoms with van der Waals surface area (Å²) in [5, 5.41) is 3.00. The minimum absolute atomic E-state index is 0.141. The normalized spacial score (nSPS) is 20.2. The van der Waals surface area contributed by atoms with Crippen LogP contribution >= 0.6 is 11.3 Å². The van der Waals surface area contributed by atoms with Crippen LogP contribution < -0.4 is 5.32 Å². The molecular weight excluding hydrogens is 348 g/mol. The van der Waals surface area contributed by atoms with Gasteiger partial charge in [-0.15, -0.1) is 11.3 Å². The number of benzene rings is 1. The van der Waals surface area contributed by atoms with Gasteiger partial charge in [0.1, 0.15) is 0 Å². The first-order chi connectivity index (χ1) is 12.6. The minimum Gasteiger partial charge on any atom is -0.466 e. The van der Waals surface area contributed by atoms with Crippen molar-refractivity contribution >= 4 is 23.3 Å². The fourth-order valence-corrected chi connectivity index (χ4v) is 4.46. The molecule has 0 saturated heterocycles. The van der Waals surface area contributed by atoms with Gasteiger partial charge in [0, 0.05) is 21.5 Å². The number of nitrogens with one attached hydrogen (secondary N) is 1. The molecule has 5 nitrogen and oxygen atoms in total. The third kappa shape index (κ3) is 2.90. The Balaban J connectivity index is 1.74. The molecule has 6 heteroatoms. The molecule has 2 amide bonds. The van der Waals surface area contributed by atoms with Crippen molar-refractivity contribution in [2.75, 3.05) is 7.11 Å². The second kappa shape index (κ2) is 6.61. The van der Waals surface area contributed by atoms with Crippen molar-refractivity contribution in [3.63, 3.8) is 0 Å². The molecule has 0 spiro atoms. The van der Waals surface area contributed by atoms with Gasteiger partial charge in [0.2, 0.25) is 0 Å². The third-order valence-electron chi connectivity index (χ3n) is 4.81. The number of allylic oxidation sites excluding steroid dienone is 1. The number of hydrogen-bond acceptors (Lipinski definition) is 4. The summed E-state index contributed by atoms with van der Waals surface area (Å²) in [4.78, 5) is 28.8. The quantitative estimate of drug-likeness (QED) is 0.827. The molecule has 0 bridgehead atoms. The molecule has 26 heavy (non-hydrogen) atoms. The van der Waals surface area contributed by atoms with E-state index in [4.69, 9.17) is 4.74 Å². The molecule has 1 fully saturated rings. The number of esters is 1. The summed E-state index contributed by atoms with van der Waals surface area (Å²) in [6, 6.07) is 13.6. The van der Waals surface area contributed by atoms with Gasteiger partial charge in [-0.05, 0) is 37.5 Å². The van der Waals surface area contributed by atoms with Crippen molar-refractivity contribution in [1.29, 1.82) is 0 Å². The Morgan fingerprint density at radius 1 is 1.19 bits per heavy atom. The Hall–Kier alpha value is -2.60. The molecule has 1 N–H and O–H groups in total. The predicted molar refractivity (Wildman–Crippen MR) is 101 cm³/mol. The van der Waals surface area contributed by atoms with Crippen LogP contribution in [-0.4, -0.2) is 30.1 Å². The number of urea groups is 1. The van der Waals surface area contributed by atoms with E-state index >= 15 is 0 Å². The number of thiophene rings is 1. The molecule has 1 aromatic heterocycles. The Bertz CT molecular complexity index is 883. The number of ether oxygens (including phenoxy) is 1. The van der Waals surface area contributed by atoms with Crippen LogP contribution in [0.15, 0.2) is 53.7 Å². The average molecular weight is 368 g/mol. The fraction of sp³-hybridized carbons (Fsp3) is 0.300. The molecule has 2 heterocycles. The minimum atomic E-state index is -0.479. The molecular formula is C20H20N2O3S. The van der Waals surface area contributed by atoms with Gasteiger partial charge in [-0.1, -0.05) is 30.3 Å². The van der Waals surface area contributed by atoms with Gasteiger partial charge in [0.25, 0.3) is 0 Å². The van der Waals surface area contributed by atoms with Crippen molar-refractivity contribution in [3.05, 3.63) is 58.6 Å². The van der Waals surface area contributed by atoms with Gasteiger partial charge < -0.3 is 10.1 Å². The number of amides is 2. The lowest BCUT2D eigenvalue weighted by molar-refractivity contribution is -0.136. The van der Waals surface area contributed by atoms with E-state index < -0.39 is 12.0 Å². The van der Waals surface area contributed by atoms with Crippen LogP contribution in [0.1, 0.15) is 30.7 Å². The summed E-state index contributed by atoms with van der Waals surface area (Å²) in [5.74, 6) is -0.396. The van der Waals surface area contributed by atoms with Gasteiger partial charge in [-0.25, -0.2) is 9.59 Å². The molecule has 2 aromatic rings. The lowest BCUT2D eigenvalue weighted by Crippen LogP contribution is -2.48. The number of nitrogens with zero attached hydrogens (tertiary/aromatic N) is 1. The highest BCUT2D eigenvalue weighted by molar-refractivity contribution is 7.15. The van der Waals surface area contributed by atoms with Crippen LogP contribution in [0.5, 0.6) is 0 Å². The lowest BCUT2D eigenvalue weighted by Gasteiger charge is -2.34. The number of hydrogen-bond donors (Lipinski definition) is 1. The molecule has 1 aliphatic heterocycles. The summed E-state index contributed by atoms with van der Waals surface area (Å²) in [6.07, 6.45) is 1.95. The molecule has 1 aliphatic carbocycles. The fourth-order valence-electron chi connectivity index (χ4n) is 3.38. The smallest absolute Gasteiger partial charge is 0.338 e. The average Bonchev–Trinajstić information content (AvgIpc) is 3.36. The summed E-state index contributed by atoms with van der Waals surface area (Å²) in [5.41, 5.74) is 2.33. The first kappa shape index (κ1) is 16.8. The number of carbonyl (C=O) groups is 2. The molecule has 1 atom stereocenters. The third-order valence-corrected chi connectivity index (χ3v) is 6.01. The summed E-state index contributed by atoms with van der Waals surface area (Å²) >= 11 is 1.58. The van der Waals surface area contributed by atoms with Crippen LogP contribution in [-0.2, 0) is 9.53 Å². The van der Waals surface area contributed by atoms with Crippen LogP contribution in [0.25, 0.3) is 10.4 Å². The maximum Gasteiger partial charge on any atom is 0.338 e. The largest absolute Gasteiger partial charge is 0.466 e. The van der Waals surface area contributed by atoms with E-state index in [0.717, 1.165) is 28.2 Å². The molecule has 1 aromatic carbocycles. The lowest BCUT2D eigenvalue weighted by atomic mass is 10.0. The van der Waals surface area contributed by atoms with Crippen LogP contribution in [0.4, 0.5) is 4.79 Å². The van der Waals surface area contributed by atoms with E-state index in [0.29, 0.717) is 11.3 Å². The Labute approximate surface area is 156 Å². The summed E-state index contributed by atoms with van der Waals surface area (Å²) in [7, 11) is 1.38. The van der Waals surface area contributed by atoms with Crippen molar-refractivity contribution < 1.29 is 14.3 Å². The Kier molecular flexibility index (Phi) is 4.28. The second-order valence-electron chi connectivity index (χ2n) is 6.54. The topological polar surface area (TPSA) is 58.6 Å². The Morgan fingerprint density at radius 2 is 1.92 bits per heavy atom.